The number of sulfonamides is 1. The third-order valence-electron chi connectivity index (χ3n) is 5.89. The van der Waals surface area contributed by atoms with Gasteiger partial charge >= 0.3 is 0 Å². The Kier molecular flexibility index (Phi) is 6.30. The number of amides is 3. The number of benzene rings is 2. The Morgan fingerprint density at radius 1 is 1.00 bits per heavy atom. The minimum atomic E-state index is -3.80. The van der Waals surface area contributed by atoms with E-state index in [9.17, 15) is 22.8 Å². The summed E-state index contributed by atoms with van der Waals surface area (Å²) in [6, 6.07) is 9.57. The normalized spacial score (nSPS) is 17.5. The molecule has 2 aliphatic heterocycles. The van der Waals surface area contributed by atoms with E-state index in [0.29, 0.717) is 13.1 Å². The molecule has 3 amide bonds. The van der Waals surface area contributed by atoms with E-state index >= 15 is 0 Å². The van der Waals surface area contributed by atoms with Gasteiger partial charge in [0.25, 0.3) is 11.8 Å². The van der Waals surface area contributed by atoms with Gasteiger partial charge in [-0.3, -0.25) is 19.3 Å². The number of halogens is 1. The van der Waals surface area contributed by atoms with Gasteiger partial charge in [0, 0.05) is 18.8 Å². The van der Waals surface area contributed by atoms with Gasteiger partial charge in [-0.1, -0.05) is 37.6 Å². The van der Waals surface area contributed by atoms with Gasteiger partial charge in [-0.15, -0.1) is 0 Å². The molecule has 2 heterocycles. The van der Waals surface area contributed by atoms with E-state index < -0.39 is 33.8 Å². The van der Waals surface area contributed by atoms with Crippen LogP contribution in [0.5, 0.6) is 0 Å². The quantitative estimate of drug-likeness (QED) is 0.626. The van der Waals surface area contributed by atoms with E-state index in [2.05, 4.69) is 5.32 Å². The standard InChI is InChI=1S/C23H24ClN3O5S/c1-14(2)20(27-22(29)16-7-3-4-8-17(16)23(27)30)21(28)25-15-9-10-18(24)19(13-15)33(31,32)26-11-5-6-12-26/h3-4,7-10,13-14,20H,5-6,11-12H2,1-2H3,(H,25,28). The fraction of sp³-hybridized carbons (Fsp3) is 0.348. The van der Waals surface area contributed by atoms with Gasteiger partial charge in [-0.25, -0.2) is 8.42 Å². The van der Waals surface area contributed by atoms with Crippen LogP contribution in [0.3, 0.4) is 0 Å². The smallest absolute Gasteiger partial charge is 0.262 e. The lowest BCUT2D eigenvalue weighted by molar-refractivity contribution is -0.121. The lowest BCUT2D eigenvalue weighted by Gasteiger charge is -2.28. The van der Waals surface area contributed by atoms with Crippen molar-refractivity contribution in [1.82, 2.24) is 9.21 Å². The van der Waals surface area contributed by atoms with Crippen molar-refractivity contribution in [3.63, 3.8) is 0 Å². The van der Waals surface area contributed by atoms with Crippen molar-refractivity contribution in [3.05, 3.63) is 58.6 Å². The molecule has 1 fully saturated rings. The van der Waals surface area contributed by atoms with Crippen molar-refractivity contribution in [2.75, 3.05) is 18.4 Å². The number of nitrogens with zero attached hydrogens (tertiary/aromatic N) is 2. The lowest BCUT2D eigenvalue weighted by Crippen LogP contribution is -2.50. The first kappa shape index (κ1) is 23.4. The summed E-state index contributed by atoms with van der Waals surface area (Å²) in [5.74, 6) is -2.03. The Bertz CT molecular complexity index is 1200. The van der Waals surface area contributed by atoms with Gasteiger partial charge in [0.1, 0.15) is 10.9 Å². The zero-order valence-corrected chi connectivity index (χ0v) is 19.8. The molecule has 174 valence electrons. The molecular weight excluding hydrogens is 466 g/mol. The van der Waals surface area contributed by atoms with Crippen molar-refractivity contribution in [2.45, 2.75) is 37.6 Å². The molecule has 0 bridgehead atoms. The number of hydrogen-bond acceptors (Lipinski definition) is 5. The Labute approximate surface area is 197 Å². The van der Waals surface area contributed by atoms with Gasteiger partial charge in [-0.05, 0) is 49.1 Å². The van der Waals surface area contributed by atoms with E-state index in [0.717, 1.165) is 17.7 Å². The Morgan fingerprint density at radius 2 is 1.58 bits per heavy atom. The lowest BCUT2D eigenvalue weighted by atomic mass is 10.0. The number of imide groups is 1. The number of carbonyl (C=O) groups is 3. The summed E-state index contributed by atoms with van der Waals surface area (Å²) >= 11 is 6.19. The van der Waals surface area contributed by atoms with Crippen LogP contribution >= 0.6 is 11.6 Å². The monoisotopic (exact) mass is 489 g/mol. The third-order valence-corrected chi connectivity index (χ3v) is 8.27. The molecule has 8 nitrogen and oxygen atoms in total. The van der Waals surface area contributed by atoms with E-state index in [4.69, 9.17) is 11.6 Å². The van der Waals surface area contributed by atoms with Crippen molar-refractivity contribution >= 4 is 45.0 Å². The maximum atomic E-state index is 13.2. The summed E-state index contributed by atoms with van der Waals surface area (Å²) in [5, 5.41) is 2.73. The molecule has 4 rings (SSSR count). The first-order chi connectivity index (χ1) is 15.6. The zero-order valence-electron chi connectivity index (χ0n) is 18.2. The van der Waals surface area contributed by atoms with Crippen LogP contribution < -0.4 is 5.32 Å². The minimum absolute atomic E-state index is 0.0562. The largest absolute Gasteiger partial charge is 0.324 e. The van der Waals surface area contributed by atoms with Crippen LogP contribution in [0.15, 0.2) is 47.4 Å². The van der Waals surface area contributed by atoms with Crippen molar-refractivity contribution in [2.24, 2.45) is 5.92 Å². The summed E-state index contributed by atoms with van der Waals surface area (Å²) in [4.78, 5) is 39.9. The van der Waals surface area contributed by atoms with Gasteiger partial charge in [-0.2, -0.15) is 4.31 Å². The molecule has 1 N–H and O–H groups in total. The average molecular weight is 490 g/mol. The number of hydrogen-bond donors (Lipinski definition) is 1. The number of anilines is 1. The maximum absolute atomic E-state index is 13.2. The summed E-state index contributed by atoms with van der Waals surface area (Å²) in [5.41, 5.74) is 0.724. The highest BCUT2D eigenvalue weighted by molar-refractivity contribution is 7.89. The van der Waals surface area contributed by atoms with Crippen LogP contribution in [-0.2, 0) is 14.8 Å². The number of carbonyl (C=O) groups excluding carboxylic acids is 3. The summed E-state index contributed by atoms with van der Waals surface area (Å²) in [6.45, 7) is 4.31. The SMILES string of the molecule is CC(C)C(C(=O)Nc1ccc(Cl)c(S(=O)(=O)N2CCCC2)c1)N1C(=O)c2ccccc2C1=O. The topological polar surface area (TPSA) is 104 Å². The highest BCUT2D eigenvalue weighted by Gasteiger charge is 2.44. The molecule has 2 aromatic rings. The van der Waals surface area contributed by atoms with Crippen LogP contribution in [0.4, 0.5) is 5.69 Å². The van der Waals surface area contributed by atoms with Gasteiger partial charge in [0.15, 0.2) is 0 Å². The van der Waals surface area contributed by atoms with E-state index in [1.54, 1.807) is 38.1 Å². The Balaban J connectivity index is 1.62. The second-order valence-electron chi connectivity index (χ2n) is 8.46. The fourth-order valence-electron chi connectivity index (χ4n) is 4.24. The van der Waals surface area contributed by atoms with Crippen LogP contribution in [0.2, 0.25) is 5.02 Å². The predicted octanol–water partition coefficient (Wildman–Crippen LogP) is 3.38. The summed E-state index contributed by atoms with van der Waals surface area (Å²) < 4.78 is 27.3. The number of fused-ring (bicyclic) bond motifs is 1. The molecule has 2 aliphatic rings. The molecule has 0 radical (unpaired) electrons. The molecule has 33 heavy (non-hydrogen) atoms. The molecule has 0 saturated carbocycles. The minimum Gasteiger partial charge on any atom is -0.324 e. The number of rotatable bonds is 6. The fourth-order valence-corrected chi connectivity index (χ4v) is 6.26. The molecule has 0 aromatic heterocycles. The Morgan fingerprint density at radius 3 is 2.12 bits per heavy atom. The van der Waals surface area contributed by atoms with Crippen molar-refractivity contribution in [3.8, 4) is 0 Å². The third kappa shape index (κ3) is 4.16. The highest BCUT2D eigenvalue weighted by Crippen LogP contribution is 2.31. The number of nitrogens with one attached hydrogen (secondary N) is 1. The average Bonchev–Trinajstić information content (AvgIpc) is 3.40. The van der Waals surface area contributed by atoms with Crippen LogP contribution in [0.25, 0.3) is 0 Å². The second-order valence-corrected chi connectivity index (χ2v) is 10.8. The molecule has 0 aliphatic carbocycles. The maximum Gasteiger partial charge on any atom is 0.262 e. The van der Waals surface area contributed by atoms with Crippen molar-refractivity contribution in [1.29, 1.82) is 0 Å². The van der Waals surface area contributed by atoms with Crippen LogP contribution in [0.1, 0.15) is 47.4 Å². The predicted molar refractivity (Wildman–Crippen MR) is 124 cm³/mol. The van der Waals surface area contributed by atoms with Crippen LogP contribution in [0, 0.1) is 5.92 Å². The van der Waals surface area contributed by atoms with Gasteiger partial charge in [0.05, 0.1) is 16.1 Å². The molecule has 2 aromatic carbocycles. The molecule has 1 atom stereocenters. The van der Waals surface area contributed by atoms with Crippen LogP contribution in [-0.4, -0.2) is 54.5 Å². The van der Waals surface area contributed by atoms with Gasteiger partial charge in [0.2, 0.25) is 15.9 Å². The summed E-state index contributed by atoms with van der Waals surface area (Å²) in [7, 11) is -3.80. The molecular formula is C23H24ClN3O5S. The summed E-state index contributed by atoms with van der Waals surface area (Å²) in [6.07, 6.45) is 1.56. The molecule has 1 saturated heterocycles. The second kappa shape index (κ2) is 8.89. The first-order valence-electron chi connectivity index (χ1n) is 10.7. The van der Waals surface area contributed by atoms with E-state index in [1.807, 2.05) is 0 Å². The highest BCUT2D eigenvalue weighted by atomic mass is 35.5. The van der Waals surface area contributed by atoms with E-state index in [-0.39, 0.29) is 32.7 Å². The molecule has 1 unspecified atom stereocenters. The first-order valence-corrected chi connectivity index (χ1v) is 12.5. The van der Waals surface area contributed by atoms with Gasteiger partial charge < -0.3 is 5.32 Å². The Hall–Kier alpha value is -2.75. The van der Waals surface area contributed by atoms with Crippen molar-refractivity contribution < 1.29 is 22.8 Å². The zero-order chi connectivity index (χ0) is 23.9. The molecule has 0 spiro atoms. The van der Waals surface area contributed by atoms with E-state index in [1.165, 1.54) is 22.5 Å². The molecule has 10 heteroatoms.